The number of halogens is 1. The number of rotatable bonds is 3. The van der Waals surface area contributed by atoms with Gasteiger partial charge in [0, 0.05) is 30.2 Å². The van der Waals surface area contributed by atoms with Crippen LogP contribution in [-0.2, 0) is 6.54 Å². The number of aryl methyl sites for hydroxylation is 1. The van der Waals surface area contributed by atoms with Crippen molar-refractivity contribution in [1.82, 2.24) is 10.2 Å². The Morgan fingerprint density at radius 3 is 2.94 bits per heavy atom. The second kappa shape index (κ2) is 6.41. The van der Waals surface area contributed by atoms with Crippen LogP contribution in [0.3, 0.4) is 0 Å². The van der Waals surface area contributed by atoms with Crippen LogP contribution in [0, 0.1) is 6.92 Å². The Balaban J connectivity index is 2.14. The molecule has 1 aliphatic heterocycles. The monoisotopic (exact) mass is 268 g/mol. The maximum Gasteiger partial charge on any atom is 0.123 e. The number of methoxy groups -OCH3 is 1. The zero-order valence-electron chi connectivity index (χ0n) is 11.1. The van der Waals surface area contributed by atoms with E-state index in [-0.39, 0.29) is 0 Å². The summed E-state index contributed by atoms with van der Waals surface area (Å²) in [5.41, 5.74) is 2.24. The van der Waals surface area contributed by atoms with Gasteiger partial charge in [-0.2, -0.15) is 0 Å². The first-order valence-corrected chi connectivity index (χ1v) is 6.84. The molecule has 100 valence electrons. The maximum atomic E-state index is 6.21. The minimum atomic E-state index is 0.818. The largest absolute Gasteiger partial charge is 0.496 e. The highest BCUT2D eigenvalue weighted by atomic mass is 35.5. The van der Waals surface area contributed by atoms with E-state index in [1.54, 1.807) is 7.11 Å². The Bertz CT molecular complexity index is 401. The third-order valence-electron chi connectivity index (χ3n) is 3.39. The van der Waals surface area contributed by atoms with E-state index in [2.05, 4.69) is 10.2 Å². The zero-order chi connectivity index (χ0) is 13.0. The van der Waals surface area contributed by atoms with Gasteiger partial charge in [0.1, 0.15) is 5.75 Å². The van der Waals surface area contributed by atoms with Crippen LogP contribution in [0.25, 0.3) is 0 Å². The molecule has 0 spiro atoms. The topological polar surface area (TPSA) is 24.5 Å². The van der Waals surface area contributed by atoms with Gasteiger partial charge >= 0.3 is 0 Å². The summed E-state index contributed by atoms with van der Waals surface area (Å²) in [5, 5.41) is 4.23. The van der Waals surface area contributed by atoms with Gasteiger partial charge in [-0.15, -0.1) is 0 Å². The zero-order valence-corrected chi connectivity index (χ0v) is 11.9. The lowest BCUT2D eigenvalue weighted by molar-refractivity contribution is 0.278. The third-order valence-corrected chi connectivity index (χ3v) is 3.80. The molecule has 3 nitrogen and oxygen atoms in total. The molecular formula is C14H21ClN2O. The van der Waals surface area contributed by atoms with Gasteiger partial charge in [0.05, 0.1) is 7.11 Å². The van der Waals surface area contributed by atoms with Crippen molar-refractivity contribution in [1.29, 1.82) is 0 Å². The van der Waals surface area contributed by atoms with E-state index in [4.69, 9.17) is 16.3 Å². The highest BCUT2D eigenvalue weighted by Gasteiger charge is 2.13. The molecule has 1 heterocycles. The molecule has 0 unspecified atom stereocenters. The number of nitrogens with zero attached hydrogens (tertiary/aromatic N) is 1. The van der Waals surface area contributed by atoms with Crippen LogP contribution < -0.4 is 10.1 Å². The van der Waals surface area contributed by atoms with Gasteiger partial charge in [-0.3, -0.25) is 4.90 Å². The number of ether oxygens (including phenoxy) is 1. The molecule has 1 aromatic carbocycles. The van der Waals surface area contributed by atoms with Crippen LogP contribution in [-0.4, -0.2) is 38.2 Å². The Hall–Kier alpha value is -0.770. The van der Waals surface area contributed by atoms with Crippen LogP contribution in [0.4, 0.5) is 0 Å². The molecule has 18 heavy (non-hydrogen) atoms. The van der Waals surface area contributed by atoms with Crippen molar-refractivity contribution in [2.75, 3.05) is 33.3 Å². The molecule has 0 radical (unpaired) electrons. The van der Waals surface area contributed by atoms with E-state index in [1.807, 2.05) is 19.1 Å². The van der Waals surface area contributed by atoms with E-state index in [9.17, 15) is 0 Å². The molecular weight excluding hydrogens is 248 g/mol. The minimum Gasteiger partial charge on any atom is -0.496 e. The molecule has 1 saturated heterocycles. The van der Waals surface area contributed by atoms with Crippen LogP contribution in [0.15, 0.2) is 12.1 Å². The van der Waals surface area contributed by atoms with Crippen molar-refractivity contribution in [3.63, 3.8) is 0 Å². The van der Waals surface area contributed by atoms with Crippen molar-refractivity contribution < 1.29 is 4.74 Å². The number of nitrogens with one attached hydrogen (secondary N) is 1. The fraction of sp³-hybridized carbons (Fsp3) is 0.571. The summed E-state index contributed by atoms with van der Waals surface area (Å²) in [7, 11) is 1.72. The molecule has 0 atom stereocenters. The first-order valence-electron chi connectivity index (χ1n) is 6.47. The standard InChI is InChI=1S/C14H21ClN2O/c1-11-8-14(18-2)12(9-13(11)15)10-17-6-3-4-16-5-7-17/h8-9,16H,3-7,10H2,1-2H3. The van der Waals surface area contributed by atoms with Crippen LogP contribution in [0.1, 0.15) is 17.5 Å². The fourth-order valence-electron chi connectivity index (χ4n) is 2.31. The summed E-state index contributed by atoms with van der Waals surface area (Å²) in [4.78, 5) is 2.45. The molecule has 1 N–H and O–H groups in total. The van der Waals surface area contributed by atoms with Gasteiger partial charge in [-0.05, 0) is 44.1 Å². The highest BCUT2D eigenvalue weighted by molar-refractivity contribution is 6.31. The summed E-state index contributed by atoms with van der Waals surface area (Å²) >= 11 is 6.21. The second-order valence-corrected chi connectivity index (χ2v) is 5.20. The van der Waals surface area contributed by atoms with Gasteiger partial charge in [0.25, 0.3) is 0 Å². The van der Waals surface area contributed by atoms with Crippen LogP contribution in [0.2, 0.25) is 5.02 Å². The van der Waals surface area contributed by atoms with Crippen molar-refractivity contribution in [2.24, 2.45) is 0 Å². The number of hydrogen-bond donors (Lipinski definition) is 1. The Morgan fingerprint density at radius 2 is 2.17 bits per heavy atom. The lowest BCUT2D eigenvalue weighted by Gasteiger charge is -2.21. The predicted molar refractivity (Wildman–Crippen MR) is 75.5 cm³/mol. The first-order chi connectivity index (χ1) is 8.70. The number of benzene rings is 1. The summed E-state index contributed by atoms with van der Waals surface area (Å²) in [6, 6.07) is 4.06. The minimum absolute atomic E-state index is 0.818. The first kappa shape index (κ1) is 13.7. The van der Waals surface area contributed by atoms with Crippen molar-refractivity contribution >= 4 is 11.6 Å². The van der Waals surface area contributed by atoms with Crippen molar-refractivity contribution in [3.8, 4) is 5.75 Å². The molecule has 1 fully saturated rings. The van der Waals surface area contributed by atoms with Gasteiger partial charge in [-0.1, -0.05) is 11.6 Å². The van der Waals surface area contributed by atoms with E-state index >= 15 is 0 Å². The average molecular weight is 269 g/mol. The van der Waals surface area contributed by atoms with Gasteiger partial charge in [-0.25, -0.2) is 0 Å². The van der Waals surface area contributed by atoms with E-state index < -0.39 is 0 Å². The Kier molecular flexibility index (Phi) is 4.87. The van der Waals surface area contributed by atoms with Crippen LogP contribution >= 0.6 is 11.6 Å². The summed E-state index contributed by atoms with van der Waals surface area (Å²) < 4.78 is 5.45. The van der Waals surface area contributed by atoms with Crippen molar-refractivity contribution in [3.05, 3.63) is 28.3 Å². The smallest absolute Gasteiger partial charge is 0.123 e. The van der Waals surface area contributed by atoms with Gasteiger partial charge in [0.2, 0.25) is 0 Å². The lowest BCUT2D eigenvalue weighted by Crippen LogP contribution is -2.27. The molecule has 2 rings (SSSR count). The molecule has 0 aromatic heterocycles. The normalized spacial score (nSPS) is 17.5. The fourth-order valence-corrected chi connectivity index (χ4v) is 2.50. The average Bonchev–Trinajstić information content (AvgIpc) is 2.62. The highest BCUT2D eigenvalue weighted by Crippen LogP contribution is 2.27. The van der Waals surface area contributed by atoms with E-state index in [0.717, 1.165) is 49.1 Å². The molecule has 0 saturated carbocycles. The third kappa shape index (κ3) is 3.37. The lowest BCUT2D eigenvalue weighted by atomic mass is 10.1. The van der Waals surface area contributed by atoms with E-state index in [0.29, 0.717) is 0 Å². The summed E-state index contributed by atoms with van der Waals surface area (Å²) in [6.07, 6.45) is 1.20. The van der Waals surface area contributed by atoms with Crippen molar-refractivity contribution in [2.45, 2.75) is 19.9 Å². The van der Waals surface area contributed by atoms with E-state index in [1.165, 1.54) is 12.0 Å². The quantitative estimate of drug-likeness (QED) is 0.911. The summed E-state index contributed by atoms with van der Waals surface area (Å²) in [5.74, 6) is 0.939. The molecule has 0 amide bonds. The molecule has 4 heteroatoms. The summed E-state index contributed by atoms with van der Waals surface area (Å²) in [6.45, 7) is 7.29. The SMILES string of the molecule is COc1cc(C)c(Cl)cc1CN1CCCNCC1. The molecule has 1 aliphatic rings. The maximum absolute atomic E-state index is 6.21. The predicted octanol–water partition coefficient (Wildman–Crippen LogP) is 2.45. The van der Waals surface area contributed by atoms with Gasteiger partial charge < -0.3 is 10.1 Å². The van der Waals surface area contributed by atoms with Gasteiger partial charge in [0.15, 0.2) is 0 Å². The van der Waals surface area contributed by atoms with Crippen LogP contribution in [0.5, 0.6) is 5.75 Å². The molecule has 0 aliphatic carbocycles. The molecule has 0 bridgehead atoms. The second-order valence-electron chi connectivity index (χ2n) is 4.79. The number of hydrogen-bond acceptors (Lipinski definition) is 3. The Morgan fingerprint density at radius 1 is 1.33 bits per heavy atom. The molecule has 1 aromatic rings. The Labute approximate surface area is 114 Å².